The predicted octanol–water partition coefficient (Wildman–Crippen LogP) is 6.45. The summed E-state index contributed by atoms with van der Waals surface area (Å²) in [7, 11) is 0. The molecule has 34 heavy (non-hydrogen) atoms. The number of halogens is 2. The molecule has 0 radical (unpaired) electrons. The van der Waals surface area contributed by atoms with E-state index in [0.717, 1.165) is 38.5 Å². The maximum absolute atomic E-state index is 13.9. The van der Waals surface area contributed by atoms with Crippen molar-refractivity contribution in [3.8, 4) is 5.69 Å². The highest BCUT2D eigenvalue weighted by Gasteiger charge is 2.37. The lowest BCUT2D eigenvalue weighted by Crippen LogP contribution is -2.40. The van der Waals surface area contributed by atoms with E-state index in [1.807, 2.05) is 24.0 Å². The van der Waals surface area contributed by atoms with Gasteiger partial charge < -0.3 is 4.90 Å². The second kappa shape index (κ2) is 10.7. The van der Waals surface area contributed by atoms with Crippen molar-refractivity contribution in [1.82, 2.24) is 14.5 Å². The van der Waals surface area contributed by atoms with Crippen molar-refractivity contribution < 1.29 is 9.18 Å². The van der Waals surface area contributed by atoms with Crippen molar-refractivity contribution in [3.05, 3.63) is 69.5 Å². The van der Waals surface area contributed by atoms with E-state index < -0.39 is 5.82 Å². The molecule has 1 heterocycles. The van der Waals surface area contributed by atoms with E-state index in [2.05, 4.69) is 6.92 Å². The molecule has 5 nitrogen and oxygen atoms in total. The Morgan fingerprint density at radius 3 is 2.62 bits per heavy atom. The fraction of sp³-hybridized carbons (Fsp3) is 0.444. The Bertz CT molecular complexity index is 1240. The zero-order valence-electron chi connectivity index (χ0n) is 19.8. The molecule has 3 aromatic rings. The lowest BCUT2D eigenvalue weighted by Gasteiger charge is -2.32. The lowest BCUT2D eigenvalue weighted by molar-refractivity contribution is -0.135. The molecule has 1 saturated carbocycles. The Hall–Kier alpha value is -2.73. The number of carbonyl (C=O) groups is 1. The number of rotatable bonds is 10. The van der Waals surface area contributed by atoms with Crippen molar-refractivity contribution in [3.63, 3.8) is 0 Å². The number of fused-ring (bicyclic) bond motifs is 1. The van der Waals surface area contributed by atoms with Gasteiger partial charge in [-0.3, -0.25) is 14.2 Å². The van der Waals surface area contributed by atoms with Crippen LogP contribution >= 0.6 is 11.6 Å². The summed E-state index contributed by atoms with van der Waals surface area (Å²) in [6.07, 6.45) is 6.61. The number of para-hydroxylation sites is 1. The minimum atomic E-state index is -0.553. The summed E-state index contributed by atoms with van der Waals surface area (Å²) in [6, 6.07) is 11.0. The van der Waals surface area contributed by atoms with Gasteiger partial charge in [0.2, 0.25) is 5.91 Å². The van der Waals surface area contributed by atoms with Gasteiger partial charge in [-0.15, -0.1) is 0 Å². The summed E-state index contributed by atoms with van der Waals surface area (Å²) in [4.78, 5) is 33.9. The second-order valence-electron chi connectivity index (χ2n) is 9.02. The number of nitrogens with zero attached hydrogens (tertiary/aromatic N) is 3. The van der Waals surface area contributed by atoms with Crippen molar-refractivity contribution in [2.45, 2.75) is 64.8 Å². The Kier molecular flexibility index (Phi) is 7.67. The first-order valence-electron chi connectivity index (χ1n) is 12.2. The summed E-state index contributed by atoms with van der Waals surface area (Å²) < 4.78 is 15.4. The molecule has 1 aliphatic rings. The maximum Gasteiger partial charge on any atom is 0.266 e. The van der Waals surface area contributed by atoms with Gasteiger partial charge in [-0.2, -0.15) is 0 Å². The predicted molar refractivity (Wildman–Crippen MR) is 134 cm³/mol. The van der Waals surface area contributed by atoms with Gasteiger partial charge in [0.05, 0.1) is 27.7 Å². The van der Waals surface area contributed by atoms with E-state index >= 15 is 0 Å². The van der Waals surface area contributed by atoms with Gasteiger partial charge in [-0.1, -0.05) is 56.8 Å². The lowest BCUT2D eigenvalue weighted by atomic mass is 10.1. The number of hydrogen-bond acceptors (Lipinski definition) is 3. The molecule has 1 amide bonds. The normalized spacial score (nSPS) is 14.4. The van der Waals surface area contributed by atoms with E-state index in [9.17, 15) is 14.0 Å². The van der Waals surface area contributed by atoms with Crippen LogP contribution in [0.4, 0.5) is 4.39 Å². The van der Waals surface area contributed by atoms with Gasteiger partial charge in [-0.05, 0) is 56.0 Å². The van der Waals surface area contributed by atoms with Crippen LogP contribution in [0.1, 0.15) is 70.7 Å². The zero-order chi connectivity index (χ0) is 24.2. The van der Waals surface area contributed by atoms with E-state index in [4.69, 9.17) is 16.6 Å². The number of hydrogen-bond donors (Lipinski definition) is 0. The molecular weight excluding hydrogens is 453 g/mol. The van der Waals surface area contributed by atoms with Crippen LogP contribution < -0.4 is 5.56 Å². The molecule has 7 heteroatoms. The average molecular weight is 484 g/mol. The van der Waals surface area contributed by atoms with Gasteiger partial charge in [0.1, 0.15) is 11.6 Å². The van der Waals surface area contributed by atoms with Gasteiger partial charge in [-0.25, -0.2) is 9.37 Å². The molecular formula is C27H31ClFN3O2. The van der Waals surface area contributed by atoms with Gasteiger partial charge in [0, 0.05) is 12.5 Å². The van der Waals surface area contributed by atoms with Crippen LogP contribution in [0.25, 0.3) is 16.6 Å². The second-order valence-corrected chi connectivity index (χ2v) is 9.42. The molecule has 1 atom stereocenters. The van der Waals surface area contributed by atoms with Crippen molar-refractivity contribution in [2.24, 2.45) is 5.92 Å². The third kappa shape index (κ3) is 5.02. The highest BCUT2D eigenvalue weighted by Crippen LogP contribution is 2.36. The molecule has 0 N–H and O–H groups in total. The first-order chi connectivity index (χ1) is 16.5. The van der Waals surface area contributed by atoms with Crippen LogP contribution in [0.2, 0.25) is 5.02 Å². The van der Waals surface area contributed by atoms with Gasteiger partial charge >= 0.3 is 0 Å². The molecule has 0 aliphatic heterocycles. The largest absolute Gasteiger partial charge is 0.332 e. The number of aromatic nitrogens is 2. The van der Waals surface area contributed by atoms with Crippen molar-refractivity contribution in [1.29, 1.82) is 0 Å². The maximum atomic E-state index is 13.9. The van der Waals surface area contributed by atoms with Gasteiger partial charge in [0.15, 0.2) is 0 Å². The quantitative estimate of drug-likeness (QED) is 0.311. The molecule has 2 aromatic carbocycles. The fourth-order valence-corrected chi connectivity index (χ4v) is 4.66. The molecule has 1 aromatic heterocycles. The summed E-state index contributed by atoms with van der Waals surface area (Å²) in [5.41, 5.74) is 0.759. The van der Waals surface area contributed by atoms with Crippen LogP contribution in [0, 0.1) is 11.7 Å². The van der Waals surface area contributed by atoms with E-state index in [1.54, 1.807) is 12.1 Å². The number of unbranched alkanes of at least 4 members (excludes halogenated alkanes) is 3. The Balaban J connectivity index is 1.87. The Labute approximate surface area is 204 Å². The summed E-state index contributed by atoms with van der Waals surface area (Å²) in [6.45, 7) is 4.79. The monoisotopic (exact) mass is 483 g/mol. The van der Waals surface area contributed by atoms with E-state index in [0.29, 0.717) is 35.4 Å². The van der Waals surface area contributed by atoms with Crippen molar-refractivity contribution in [2.75, 3.05) is 6.54 Å². The third-order valence-electron chi connectivity index (χ3n) is 6.49. The minimum absolute atomic E-state index is 0.0566. The van der Waals surface area contributed by atoms with Crippen LogP contribution in [0.15, 0.2) is 47.3 Å². The SMILES string of the molecule is CCCCCCN(C(=O)C1CC1)C(CC)c1nc2ccccc2c(=O)n1-c1ccc(F)c(Cl)c1. The van der Waals surface area contributed by atoms with Crippen LogP contribution in [-0.4, -0.2) is 26.9 Å². The minimum Gasteiger partial charge on any atom is -0.332 e. The number of amides is 1. The topological polar surface area (TPSA) is 55.2 Å². The summed E-state index contributed by atoms with van der Waals surface area (Å²) in [5.74, 6) is 0.121. The van der Waals surface area contributed by atoms with Crippen LogP contribution in [-0.2, 0) is 4.79 Å². The molecule has 4 rings (SSSR count). The first kappa shape index (κ1) is 24.4. The average Bonchev–Trinajstić information content (AvgIpc) is 3.68. The molecule has 0 spiro atoms. The van der Waals surface area contributed by atoms with E-state index in [-0.39, 0.29) is 28.4 Å². The number of benzene rings is 2. The molecule has 1 fully saturated rings. The Morgan fingerprint density at radius 1 is 1.18 bits per heavy atom. The standard InChI is InChI=1S/C27H31ClFN3O2/c1-3-5-6-9-16-31(26(33)18-12-13-18)24(4-2)25-30-23-11-8-7-10-20(23)27(34)32(25)19-14-15-22(29)21(28)17-19/h7-8,10-11,14-15,17-18,24H,3-6,9,12-13,16H2,1-2H3. The van der Waals surface area contributed by atoms with Crippen molar-refractivity contribution >= 4 is 28.4 Å². The fourth-order valence-electron chi connectivity index (χ4n) is 4.48. The third-order valence-corrected chi connectivity index (χ3v) is 6.78. The molecule has 1 aliphatic carbocycles. The van der Waals surface area contributed by atoms with Crippen LogP contribution in [0.3, 0.4) is 0 Å². The molecule has 180 valence electrons. The molecule has 1 unspecified atom stereocenters. The molecule has 0 bridgehead atoms. The van der Waals surface area contributed by atoms with Gasteiger partial charge in [0.25, 0.3) is 5.56 Å². The highest BCUT2D eigenvalue weighted by atomic mass is 35.5. The summed E-state index contributed by atoms with van der Waals surface area (Å²) >= 11 is 6.09. The highest BCUT2D eigenvalue weighted by molar-refractivity contribution is 6.30. The smallest absolute Gasteiger partial charge is 0.266 e. The Morgan fingerprint density at radius 2 is 1.94 bits per heavy atom. The zero-order valence-corrected chi connectivity index (χ0v) is 20.5. The number of carbonyl (C=O) groups excluding carboxylic acids is 1. The molecule has 0 saturated heterocycles. The summed E-state index contributed by atoms with van der Waals surface area (Å²) in [5, 5.41) is 0.395. The van der Waals surface area contributed by atoms with E-state index in [1.165, 1.54) is 22.8 Å². The van der Waals surface area contributed by atoms with Crippen LogP contribution in [0.5, 0.6) is 0 Å². The first-order valence-corrected chi connectivity index (χ1v) is 12.6.